The number of hydrogen-bond donors (Lipinski definition) is 1. The van der Waals surface area contributed by atoms with E-state index in [0.29, 0.717) is 17.4 Å². The summed E-state index contributed by atoms with van der Waals surface area (Å²) in [6, 6.07) is 12.4. The van der Waals surface area contributed by atoms with Crippen molar-refractivity contribution in [2.75, 3.05) is 5.32 Å². The molecule has 0 saturated heterocycles. The van der Waals surface area contributed by atoms with E-state index in [1.165, 1.54) is 23.6 Å². The van der Waals surface area contributed by atoms with E-state index in [1.807, 2.05) is 42.7 Å². The number of thiazole rings is 1. The Bertz CT molecular complexity index is 1210. The maximum absolute atomic E-state index is 13.3. The summed E-state index contributed by atoms with van der Waals surface area (Å²) in [5, 5.41) is 5.18. The number of anilines is 1. The Morgan fingerprint density at radius 2 is 2.03 bits per heavy atom. The third kappa shape index (κ3) is 4.84. The molecule has 0 saturated carbocycles. The summed E-state index contributed by atoms with van der Waals surface area (Å²) in [4.78, 5) is 25.1. The zero-order valence-electron chi connectivity index (χ0n) is 16.1. The summed E-state index contributed by atoms with van der Waals surface area (Å²) in [6.45, 7) is 2.30. The van der Waals surface area contributed by atoms with Gasteiger partial charge in [0.2, 0.25) is 5.95 Å². The highest BCUT2D eigenvalue weighted by Crippen LogP contribution is 2.19. The van der Waals surface area contributed by atoms with Crippen LogP contribution in [0.15, 0.2) is 60.2 Å². The fraction of sp³-hybridized carbons (Fsp3) is 0.0909. The lowest BCUT2D eigenvalue weighted by molar-refractivity contribution is 0.101. The smallest absolute Gasteiger partial charge is 0.274 e. The first-order chi connectivity index (χ1) is 14.6. The fourth-order valence-corrected chi connectivity index (χ4v) is 3.58. The van der Waals surface area contributed by atoms with Gasteiger partial charge in [-0.25, -0.2) is 9.97 Å². The largest absolute Gasteiger partial charge is 0.339 e. The molecule has 6 nitrogen and oxygen atoms in total. The van der Waals surface area contributed by atoms with Gasteiger partial charge in [-0.05, 0) is 61.0 Å². The lowest BCUT2D eigenvalue weighted by Crippen LogP contribution is -2.17. The second-order valence-corrected chi connectivity index (χ2v) is 7.44. The van der Waals surface area contributed by atoms with Gasteiger partial charge in [0, 0.05) is 30.0 Å². The molecule has 30 heavy (non-hydrogen) atoms. The predicted molar refractivity (Wildman–Crippen MR) is 116 cm³/mol. The number of amides is 1. The van der Waals surface area contributed by atoms with E-state index in [9.17, 15) is 9.18 Å². The van der Waals surface area contributed by atoms with Gasteiger partial charge in [-0.1, -0.05) is 6.07 Å². The number of carbonyl (C=O) groups is 1. The van der Waals surface area contributed by atoms with Crippen LogP contribution in [-0.2, 0) is 6.54 Å². The van der Waals surface area contributed by atoms with Crippen LogP contribution in [-0.4, -0.2) is 25.4 Å². The maximum Gasteiger partial charge on any atom is 0.274 e. The Morgan fingerprint density at radius 1 is 1.17 bits per heavy atom. The highest BCUT2D eigenvalue weighted by Gasteiger charge is 2.13. The average Bonchev–Trinajstić information content (AvgIpc) is 3.36. The van der Waals surface area contributed by atoms with Crippen molar-refractivity contribution in [3.63, 3.8) is 0 Å². The van der Waals surface area contributed by atoms with Crippen LogP contribution in [0.4, 0.5) is 9.52 Å². The molecule has 150 valence electrons. The SMILES string of the molecule is Cc1cccc(/C=C/c2csc(NC(=O)c3cccn3Cc3ccnc(F)c3)n2)n1. The van der Waals surface area contributed by atoms with E-state index in [0.717, 1.165) is 22.6 Å². The van der Waals surface area contributed by atoms with E-state index in [1.54, 1.807) is 29.0 Å². The van der Waals surface area contributed by atoms with E-state index in [2.05, 4.69) is 20.3 Å². The fourth-order valence-electron chi connectivity index (χ4n) is 2.90. The molecule has 0 bridgehead atoms. The summed E-state index contributed by atoms with van der Waals surface area (Å²) < 4.78 is 15.1. The lowest BCUT2D eigenvalue weighted by atomic mass is 10.2. The molecule has 4 aromatic rings. The average molecular weight is 419 g/mol. The molecule has 0 fully saturated rings. The summed E-state index contributed by atoms with van der Waals surface area (Å²) in [6.07, 6.45) is 6.92. The molecular formula is C22H18FN5OS. The number of aryl methyl sites for hydroxylation is 1. The van der Waals surface area contributed by atoms with Crippen molar-refractivity contribution >= 4 is 34.5 Å². The van der Waals surface area contributed by atoms with Crippen LogP contribution in [0, 0.1) is 12.9 Å². The number of pyridine rings is 2. The van der Waals surface area contributed by atoms with Crippen molar-refractivity contribution in [2.45, 2.75) is 13.5 Å². The number of halogens is 1. The van der Waals surface area contributed by atoms with Crippen molar-refractivity contribution < 1.29 is 9.18 Å². The molecule has 0 spiro atoms. The Labute approximate surface area is 176 Å². The maximum atomic E-state index is 13.3. The molecule has 1 N–H and O–H groups in total. The summed E-state index contributed by atoms with van der Waals surface area (Å²) in [7, 11) is 0. The van der Waals surface area contributed by atoms with Crippen molar-refractivity contribution in [3.8, 4) is 0 Å². The van der Waals surface area contributed by atoms with Gasteiger partial charge in [0.25, 0.3) is 5.91 Å². The van der Waals surface area contributed by atoms with Gasteiger partial charge in [-0.3, -0.25) is 15.1 Å². The molecule has 0 aliphatic heterocycles. The molecule has 0 aromatic carbocycles. The number of hydrogen-bond acceptors (Lipinski definition) is 5. The van der Waals surface area contributed by atoms with E-state index < -0.39 is 5.95 Å². The third-order valence-electron chi connectivity index (χ3n) is 4.28. The van der Waals surface area contributed by atoms with E-state index >= 15 is 0 Å². The van der Waals surface area contributed by atoms with Crippen LogP contribution in [0.2, 0.25) is 0 Å². The van der Waals surface area contributed by atoms with Crippen LogP contribution in [0.3, 0.4) is 0 Å². The number of rotatable bonds is 6. The number of aromatic nitrogens is 4. The van der Waals surface area contributed by atoms with Crippen LogP contribution in [0.25, 0.3) is 12.2 Å². The minimum Gasteiger partial charge on any atom is -0.339 e. The van der Waals surface area contributed by atoms with Gasteiger partial charge in [0.15, 0.2) is 5.13 Å². The van der Waals surface area contributed by atoms with Crippen molar-refractivity contribution in [2.24, 2.45) is 0 Å². The second-order valence-electron chi connectivity index (χ2n) is 6.58. The minimum absolute atomic E-state index is 0.278. The molecule has 4 heterocycles. The van der Waals surface area contributed by atoms with Gasteiger partial charge in [0.1, 0.15) is 5.69 Å². The van der Waals surface area contributed by atoms with Gasteiger partial charge < -0.3 is 4.57 Å². The molecule has 1 amide bonds. The number of nitrogens with one attached hydrogen (secondary N) is 1. The lowest BCUT2D eigenvalue weighted by Gasteiger charge is -2.09. The molecule has 4 rings (SSSR count). The summed E-state index contributed by atoms with van der Waals surface area (Å²) >= 11 is 1.34. The first-order valence-electron chi connectivity index (χ1n) is 9.21. The monoisotopic (exact) mass is 419 g/mol. The molecule has 0 atom stereocenters. The highest BCUT2D eigenvalue weighted by atomic mass is 32.1. The van der Waals surface area contributed by atoms with Crippen LogP contribution >= 0.6 is 11.3 Å². The zero-order chi connectivity index (χ0) is 20.9. The molecule has 0 aliphatic carbocycles. The topological polar surface area (TPSA) is 72.7 Å². The minimum atomic E-state index is -0.546. The summed E-state index contributed by atoms with van der Waals surface area (Å²) in [5.74, 6) is -0.824. The second kappa shape index (κ2) is 8.79. The molecule has 4 aromatic heterocycles. The highest BCUT2D eigenvalue weighted by molar-refractivity contribution is 7.14. The van der Waals surface area contributed by atoms with Crippen LogP contribution < -0.4 is 5.32 Å². The van der Waals surface area contributed by atoms with Crippen LogP contribution in [0.1, 0.15) is 33.1 Å². The Kier molecular flexibility index (Phi) is 5.76. The number of carbonyl (C=O) groups excluding carboxylic acids is 1. The van der Waals surface area contributed by atoms with Crippen molar-refractivity contribution in [3.05, 3.63) is 94.5 Å². The first-order valence-corrected chi connectivity index (χ1v) is 10.1. The predicted octanol–water partition coefficient (Wildman–Crippen LogP) is 4.65. The van der Waals surface area contributed by atoms with Gasteiger partial charge in [-0.2, -0.15) is 4.39 Å². The Balaban J connectivity index is 1.43. The molecule has 0 aliphatic rings. The number of nitrogens with zero attached hydrogens (tertiary/aromatic N) is 4. The van der Waals surface area contributed by atoms with Gasteiger partial charge in [0.05, 0.1) is 11.4 Å². The quantitative estimate of drug-likeness (QED) is 0.462. The molecule has 8 heteroatoms. The van der Waals surface area contributed by atoms with Crippen molar-refractivity contribution in [1.29, 1.82) is 0 Å². The normalized spacial score (nSPS) is 11.1. The Morgan fingerprint density at radius 3 is 2.87 bits per heavy atom. The standard InChI is InChI=1S/C22H18FN5OS/c1-15-4-2-5-17(25-15)7-8-18-14-30-22(26-18)27-21(29)19-6-3-11-28(19)13-16-9-10-24-20(23)12-16/h2-12,14H,13H2,1H3,(H,26,27,29)/b8-7+. The zero-order valence-corrected chi connectivity index (χ0v) is 16.9. The Hall–Kier alpha value is -3.65. The molecule has 0 radical (unpaired) electrons. The first kappa shape index (κ1) is 19.7. The molecular weight excluding hydrogens is 401 g/mol. The van der Waals surface area contributed by atoms with Gasteiger partial charge in [-0.15, -0.1) is 11.3 Å². The van der Waals surface area contributed by atoms with Crippen LogP contribution in [0.5, 0.6) is 0 Å². The van der Waals surface area contributed by atoms with Gasteiger partial charge >= 0.3 is 0 Å². The van der Waals surface area contributed by atoms with Crippen molar-refractivity contribution in [1.82, 2.24) is 19.5 Å². The third-order valence-corrected chi connectivity index (χ3v) is 5.06. The van der Waals surface area contributed by atoms with E-state index in [-0.39, 0.29) is 5.91 Å². The molecule has 0 unspecified atom stereocenters. The summed E-state index contributed by atoms with van der Waals surface area (Å²) in [5.41, 5.74) is 3.71. The van der Waals surface area contributed by atoms with E-state index in [4.69, 9.17) is 0 Å².